The van der Waals surface area contributed by atoms with Crippen LogP contribution >= 0.6 is 0 Å². The fourth-order valence-electron chi connectivity index (χ4n) is 1.52. The fourth-order valence-corrected chi connectivity index (χ4v) is 1.52. The van der Waals surface area contributed by atoms with Crippen molar-refractivity contribution in [3.05, 3.63) is 35.9 Å². The van der Waals surface area contributed by atoms with Crippen LogP contribution in [0.2, 0.25) is 0 Å². The van der Waals surface area contributed by atoms with Gasteiger partial charge in [-0.2, -0.15) is 0 Å². The minimum atomic E-state index is 0.638. The number of hydrogen-bond donors (Lipinski definition) is 1. The van der Waals surface area contributed by atoms with Gasteiger partial charge in [0.25, 0.3) is 0 Å². The molecule has 3 nitrogen and oxygen atoms in total. The minimum absolute atomic E-state index is 0.638. The third-order valence-electron chi connectivity index (χ3n) is 2.28. The van der Waals surface area contributed by atoms with E-state index in [4.69, 9.17) is 9.47 Å². The molecule has 0 spiro atoms. The monoisotopic (exact) mass is 235 g/mol. The normalized spacial score (nSPS) is 10.1. The summed E-state index contributed by atoms with van der Waals surface area (Å²) in [5.41, 5.74) is 2.30. The molecule has 17 heavy (non-hydrogen) atoms. The SMILES string of the molecule is C=C(C)CNCc1ccc(OC)c(OCC)c1. The Kier molecular flexibility index (Phi) is 5.57. The number of rotatable bonds is 7. The van der Waals surface area contributed by atoms with E-state index in [2.05, 4.69) is 11.9 Å². The molecule has 0 aliphatic rings. The van der Waals surface area contributed by atoms with Gasteiger partial charge in [0.1, 0.15) is 0 Å². The molecule has 1 aromatic rings. The highest BCUT2D eigenvalue weighted by Crippen LogP contribution is 2.27. The van der Waals surface area contributed by atoms with Crippen LogP contribution in [0.4, 0.5) is 0 Å². The Balaban J connectivity index is 2.67. The van der Waals surface area contributed by atoms with E-state index in [9.17, 15) is 0 Å². The summed E-state index contributed by atoms with van der Waals surface area (Å²) in [5.74, 6) is 1.57. The highest BCUT2D eigenvalue weighted by Gasteiger charge is 2.04. The lowest BCUT2D eigenvalue weighted by Gasteiger charge is -2.11. The van der Waals surface area contributed by atoms with Crippen molar-refractivity contribution in [3.63, 3.8) is 0 Å². The molecule has 1 rings (SSSR count). The smallest absolute Gasteiger partial charge is 0.161 e. The van der Waals surface area contributed by atoms with E-state index in [1.165, 1.54) is 5.56 Å². The summed E-state index contributed by atoms with van der Waals surface area (Å²) in [6, 6.07) is 5.98. The van der Waals surface area contributed by atoms with Crippen molar-refractivity contribution in [2.75, 3.05) is 20.3 Å². The van der Waals surface area contributed by atoms with Crippen LogP contribution in [-0.4, -0.2) is 20.3 Å². The lowest BCUT2D eigenvalue weighted by molar-refractivity contribution is 0.310. The summed E-state index contributed by atoms with van der Waals surface area (Å²) in [7, 11) is 1.65. The number of hydrogen-bond acceptors (Lipinski definition) is 3. The average molecular weight is 235 g/mol. The first-order valence-corrected chi connectivity index (χ1v) is 5.82. The second-order valence-electron chi connectivity index (χ2n) is 3.98. The van der Waals surface area contributed by atoms with Crippen LogP contribution in [-0.2, 0) is 6.54 Å². The number of ether oxygens (including phenoxy) is 2. The minimum Gasteiger partial charge on any atom is -0.493 e. The van der Waals surface area contributed by atoms with Gasteiger partial charge in [-0.3, -0.25) is 0 Å². The molecule has 1 N–H and O–H groups in total. The molecule has 0 amide bonds. The molecule has 0 saturated carbocycles. The molecule has 0 radical (unpaired) electrons. The second-order valence-corrected chi connectivity index (χ2v) is 3.98. The molecule has 94 valence electrons. The maximum atomic E-state index is 5.53. The van der Waals surface area contributed by atoms with E-state index in [1.807, 2.05) is 32.0 Å². The van der Waals surface area contributed by atoms with E-state index in [1.54, 1.807) is 7.11 Å². The second kappa shape index (κ2) is 6.97. The lowest BCUT2D eigenvalue weighted by Crippen LogP contribution is -2.15. The molecule has 0 atom stereocenters. The standard InChI is InChI=1S/C14H21NO2/c1-5-17-14-8-12(6-7-13(14)16-4)10-15-9-11(2)3/h6-8,15H,2,5,9-10H2,1,3-4H3. The Morgan fingerprint density at radius 3 is 2.71 bits per heavy atom. The summed E-state index contributed by atoms with van der Waals surface area (Å²) < 4.78 is 10.8. The van der Waals surface area contributed by atoms with Crippen molar-refractivity contribution in [1.82, 2.24) is 5.32 Å². The maximum Gasteiger partial charge on any atom is 0.161 e. The maximum absolute atomic E-state index is 5.53. The van der Waals surface area contributed by atoms with E-state index in [0.29, 0.717) is 6.61 Å². The molecular weight excluding hydrogens is 214 g/mol. The zero-order chi connectivity index (χ0) is 12.7. The predicted octanol–water partition coefficient (Wildman–Crippen LogP) is 2.76. The van der Waals surface area contributed by atoms with Crippen LogP contribution in [0.1, 0.15) is 19.4 Å². The molecule has 0 aromatic heterocycles. The van der Waals surface area contributed by atoms with Crippen LogP contribution < -0.4 is 14.8 Å². The Bertz CT molecular complexity index is 374. The van der Waals surface area contributed by atoms with Crippen molar-refractivity contribution in [2.45, 2.75) is 20.4 Å². The van der Waals surface area contributed by atoms with Gasteiger partial charge in [0, 0.05) is 13.1 Å². The first kappa shape index (κ1) is 13.6. The van der Waals surface area contributed by atoms with Gasteiger partial charge in [0.15, 0.2) is 11.5 Å². The van der Waals surface area contributed by atoms with Crippen molar-refractivity contribution in [2.24, 2.45) is 0 Å². The van der Waals surface area contributed by atoms with Gasteiger partial charge >= 0.3 is 0 Å². The summed E-state index contributed by atoms with van der Waals surface area (Å²) >= 11 is 0. The Morgan fingerprint density at radius 2 is 2.12 bits per heavy atom. The van der Waals surface area contributed by atoms with Crippen molar-refractivity contribution < 1.29 is 9.47 Å². The van der Waals surface area contributed by atoms with E-state index < -0.39 is 0 Å². The van der Waals surface area contributed by atoms with Crippen LogP contribution in [0.25, 0.3) is 0 Å². The van der Waals surface area contributed by atoms with Gasteiger partial charge < -0.3 is 14.8 Å². The molecule has 1 aromatic carbocycles. The van der Waals surface area contributed by atoms with Gasteiger partial charge in [0.2, 0.25) is 0 Å². The third kappa shape index (κ3) is 4.49. The van der Waals surface area contributed by atoms with Crippen LogP contribution in [0, 0.1) is 0 Å². The van der Waals surface area contributed by atoms with Crippen molar-refractivity contribution in [1.29, 1.82) is 0 Å². The van der Waals surface area contributed by atoms with Gasteiger partial charge in [-0.05, 0) is 31.5 Å². The highest BCUT2D eigenvalue weighted by molar-refractivity contribution is 5.42. The molecule has 0 fully saturated rings. The first-order chi connectivity index (χ1) is 8.17. The van der Waals surface area contributed by atoms with Crippen molar-refractivity contribution >= 4 is 0 Å². The topological polar surface area (TPSA) is 30.5 Å². The third-order valence-corrected chi connectivity index (χ3v) is 2.28. The zero-order valence-corrected chi connectivity index (χ0v) is 10.9. The number of methoxy groups -OCH3 is 1. The van der Waals surface area contributed by atoms with Gasteiger partial charge in [-0.1, -0.05) is 18.2 Å². The van der Waals surface area contributed by atoms with E-state index >= 15 is 0 Å². The Morgan fingerprint density at radius 1 is 1.35 bits per heavy atom. The quantitative estimate of drug-likeness (QED) is 0.737. The molecular formula is C14H21NO2. The molecule has 3 heteroatoms. The zero-order valence-electron chi connectivity index (χ0n) is 10.9. The average Bonchev–Trinajstić information content (AvgIpc) is 2.29. The Hall–Kier alpha value is -1.48. The van der Waals surface area contributed by atoms with Crippen molar-refractivity contribution in [3.8, 4) is 11.5 Å². The molecule has 0 heterocycles. The van der Waals surface area contributed by atoms with Gasteiger partial charge in [0.05, 0.1) is 13.7 Å². The fraction of sp³-hybridized carbons (Fsp3) is 0.429. The number of benzene rings is 1. The van der Waals surface area contributed by atoms with Crippen LogP contribution in [0.3, 0.4) is 0 Å². The Labute approximate surface area is 103 Å². The predicted molar refractivity (Wildman–Crippen MR) is 70.7 cm³/mol. The highest BCUT2D eigenvalue weighted by atomic mass is 16.5. The summed E-state index contributed by atoms with van der Waals surface area (Å²) in [4.78, 5) is 0. The van der Waals surface area contributed by atoms with E-state index in [0.717, 1.165) is 30.2 Å². The first-order valence-electron chi connectivity index (χ1n) is 5.82. The van der Waals surface area contributed by atoms with Crippen LogP contribution in [0.15, 0.2) is 30.4 Å². The molecule has 0 bridgehead atoms. The summed E-state index contributed by atoms with van der Waals surface area (Å²) in [5, 5.41) is 3.31. The largest absolute Gasteiger partial charge is 0.493 e. The van der Waals surface area contributed by atoms with Crippen LogP contribution in [0.5, 0.6) is 11.5 Å². The lowest BCUT2D eigenvalue weighted by atomic mass is 10.2. The van der Waals surface area contributed by atoms with E-state index in [-0.39, 0.29) is 0 Å². The molecule has 0 unspecified atom stereocenters. The summed E-state index contributed by atoms with van der Waals surface area (Å²) in [6.07, 6.45) is 0. The molecule has 0 aliphatic carbocycles. The van der Waals surface area contributed by atoms with Gasteiger partial charge in [-0.25, -0.2) is 0 Å². The summed E-state index contributed by atoms with van der Waals surface area (Å²) in [6.45, 7) is 10.1. The van der Waals surface area contributed by atoms with Gasteiger partial charge in [-0.15, -0.1) is 0 Å². The molecule has 0 saturated heterocycles. The molecule has 0 aliphatic heterocycles. The number of nitrogens with one attached hydrogen (secondary N) is 1.